The molecule has 0 radical (unpaired) electrons. The van der Waals surface area contributed by atoms with Crippen molar-refractivity contribution in [2.24, 2.45) is 0 Å². The van der Waals surface area contributed by atoms with Gasteiger partial charge in [-0.3, -0.25) is 9.48 Å². The van der Waals surface area contributed by atoms with Crippen molar-refractivity contribution < 1.29 is 0 Å². The Labute approximate surface area is 86.8 Å². The highest BCUT2D eigenvalue weighted by Gasteiger charge is 2.04. The first-order valence-corrected chi connectivity index (χ1v) is 4.77. The molecule has 5 nitrogen and oxygen atoms in total. The summed E-state index contributed by atoms with van der Waals surface area (Å²) in [4.78, 5) is 11.1. The lowest BCUT2D eigenvalue weighted by Gasteiger charge is -2.03. The molecule has 0 aliphatic rings. The highest BCUT2D eigenvalue weighted by molar-refractivity contribution is 5.56. The predicted octanol–water partition coefficient (Wildman–Crippen LogP) is 1.21. The smallest absolute Gasteiger partial charge is 0.264 e. The van der Waals surface area contributed by atoms with Gasteiger partial charge in [-0.25, -0.2) is 5.10 Å². The van der Waals surface area contributed by atoms with Crippen molar-refractivity contribution in [3.8, 4) is 11.3 Å². The van der Waals surface area contributed by atoms with Crippen LogP contribution in [0.4, 0.5) is 0 Å². The maximum absolute atomic E-state index is 11.1. The Morgan fingerprint density at radius 1 is 1.47 bits per heavy atom. The molecule has 0 fully saturated rings. The van der Waals surface area contributed by atoms with E-state index in [2.05, 4.69) is 15.3 Å². The standard InChI is InChI=1S/C10H12N4O/c1-7(2)14-4-3-9(13-14)8-5-10(15)12-11-6-8/h3-7H,1-2H3,(H,12,15). The van der Waals surface area contributed by atoms with Gasteiger partial charge in [0.1, 0.15) is 0 Å². The summed E-state index contributed by atoms with van der Waals surface area (Å²) in [6.07, 6.45) is 3.48. The molecule has 1 N–H and O–H groups in total. The second-order valence-electron chi connectivity index (χ2n) is 3.61. The predicted molar refractivity (Wildman–Crippen MR) is 56.5 cm³/mol. The van der Waals surface area contributed by atoms with E-state index < -0.39 is 0 Å². The van der Waals surface area contributed by atoms with Crippen LogP contribution in [0.25, 0.3) is 11.3 Å². The highest BCUT2D eigenvalue weighted by Crippen LogP contribution is 2.14. The summed E-state index contributed by atoms with van der Waals surface area (Å²) in [6, 6.07) is 3.67. The Hall–Kier alpha value is -1.91. The molecule has 0 aliphatic heterocycles. The van der Waals surface area contributed by atoms with Gasteiger partial charge in [0.25, 0.3) is 5.56 Å². The van der Waals surface area contributed by atoms with E-state index in [1.54, 1.807) is 6.20 Å². The summed E-state index contributed by atoms with van der Waals surface area (Å²) in [5.74, 6) is 0. The molecule has 0 amide bonds. The number of rotatable bonds is 2. The lowest BCUT2D eigenvalue weighted by Crippen LogP contribution is -2.06. The Balaban J connectivity index is 2.41. The van der Waals surface area contributed by atoms with Gasteiger partial charge in [0.2, 0.25) is 0 Å². The third kappa shape index (κ3) is 1.96. The summed E-state index contributed by atoms with van der Waals surface area (Å²) in [6.45, 7) is 4.10. The van der Waals surface area contributed by atoms with E-state index in [4.69, 9.17) is 0 Å². The summed E-state index contributed by atoms with van der Waals surface area (Å²) in [7, 11) is 0. The minimum Gasteiger partial charge on any atom is -0.270 e. The molecule has 0 bridgehead atoms. The molecule has 0 atom stereocenters. The van der Waals surface area contributed by atoms with Gasteiger partial charge in [-0.2, -0.15) is 10.2 Å². The van der Waals surface area contributed by atoms with Crippen molar-refractivity contribution in [2.45, 2.75) is 19.9 Å². The fraction of sp³-hybridized carbons (Fsp3) is 0.300. The van der Waals surface area contributed by atoms with E-state index in [0.29, 0.717) is 6.04 Å². The Kier molecular flexibility index (Phi) is 2.37. The van der Waals surface area contributed by atoms with E-state index in [9.17, 15) is 4.79 Å². The number of aromatic amines is 1. The van der Waals surface area contributed by atoms with Crippen molar-refractivity contribution in [1.82, 2.24) is 20.0 Å². The second kappa shape index (κ2) is 3.68. The molecule has 2 heterocycles. The quantitative estimate of drug-likeness (QED) is 0.799. The molecule has 0 unspecified atom stereocenters. The van der Waals surface area contributed by atoms with E-state index in [-0.39, 0.29) is 5.56 Å². The van der Waals surface area contributed by atoms with Crippen molar-refractivity contribution in [3.63, 3.8) is 0 Å². The third-order valence-electron chi connectivity index (χ3n) is 2.10. The maximum atomic E-state index is 11.1. The number of hydrogen-bond acceptors (Lipinski definition) is 3. The van der Waals surface area contributed by atoms with E-state index in [1.165, 1.54) is 6.07 Å². The van der Waals surface area contributed by atoms with E-state index in [1.807, 2.05) is 30.8 Å². The van der Waals surface area contributed by atoms with Crippen LogP contribution in [0.2, 0.25) is 0 Å². The van der Waals surface area contributed by atoms with Crippen LogP contribution < -0.4 is 5.56 Å². The second-order valence-corrected chi connectivity index (χ2v) is 3.61. The zero-order chi connectivity index (χ0) is 10.8. The van der Waals surface area contributed by atoms with Crippen LogP contribution in [0.1, 0.15) is 19.9 Å². The van der Waals surface area contributed by atoms with Crippen LogP contribution in [0.15, 0.2) is 29.3 Å². The van der Waals surface area contributed by atoms with Crippen molar-refractivity contribution in [3.05, 3.63) is 34.9 Å². The summed E-state index contributed by atoms with van der Waals surface area (Å²) >= 11 is 0. The summed E-state index contributed by atoms with van der Waals surface area (Å²) in [5.41, 5.74) is 1.28. The van der Waals surface area contributed by atoms with Crippen molar-refractivity contribution >= 4 is 0 Å². The molecule has 0 aliphatic carbocycles. The molecule has 5 heteroatoms. The zero-order valence-corrected chi connectivity index (χ0v) is 8.64. The van der Waals surface area contributed by atoms with Gasteiger partial charge in [0.15, 0.2) is 0 Å². The van der Waals surface area contributed by atoms with Crippen LogP contribution in [-0.2, 0) is 0 Å². The van der Waals surface area contributed by atoms with Crippen LogP contribution in [0.3, 0.4) is 0 Å². The van der Waals surface area contributed by atoms with Gasteiger partial charge < -0.3 is 0 Å². The molecule has 2 aromatic heterocycles. The maximum Gasteiger partial charge on any atom is 0.264 e. The molecular weight excluding hydrogens is 192 g/mol. The summed E-state index contributed by atoms with van der Waals surface area (Å²) < 4.78 is 1.84. The van der Waals surface area contributed by atoms with E-state index in [0.717, 1.165) is 11.3 Å². The van der Waals surface area contributed by atoms with Gasteiger partial charge in [-0.15, -0.1) is 0 Å². The van der Waals surface area contributed by atoms with Crippen LogP contribution in [-0.4, -0.2) is 20.0 Å². The normalized spacial score (nSPS) is 10.9. The topological polar surface area (TPSA) is 63.6 Å². The fourth-order valence-corrected chi connectivity index (χ4v) is 1.30. The molecule has 2 rings (SSSR count). The van der Waals surface area contributed by atoms with E-state index >= 15 is 0 Å². The first-order chi connectivity index (χ1) is 7.16. The van der Waals surface area contributed by atoms with Gasteiger partial charge in [-0.1, -0.05) is 0 Å². The van der Waals surface area contributed by atoms with Crippen LogP contribution >= 0.6 is 0 Å². The molecular formula is C10H12N4O. The molecule has 0 spiro atoms. The van der Waals surface area contributed by atoms with Gasteiger partial charge >= 0.3 is 0 Å². The minimum absolute atomic E-state index is 0.216. The third-order valence-corrected chi connectivity index (χ3v) is 2.10. The van der Waals surface area contributed by atoms with Gasteiger partial charge in [0, 0.05) is 23.9 Å². The Morgan fingerprint density at radius 2 is 2.27 bits per heavy atom. The molecule has 2 aromatic rings. The largest absolute Gasteiger partial charge is 0.270 e. The SMILES string of the molecule is CC(C)n1ccc(-c2cn[nH]c(=O)c2)n1. The highest BCUT2D eigenvalue weighted by atomic mass is 16.1. The minimum atomic E-state index is -0.216. The molecule has 0 saturated carbocycles. The van der Waals surface area contributed by atoms with Gasteiger partial charge in [0.05, 0.1) is 11.9 Å². The number of nitrogens with one attached hydrogen (secondary N) is 1. The summed E-state index contributed by atoms with van der Waals surface area (Å²) in [5, 5.41) is 10.4. The number of nitrogens with zero attached hydrogens (tertiary/aromatic N) is 3. The van der Waals surface area contributed by atoms with Crippen LogP contribution in [0, 0.1) is 0 Å². The van der Waals surface area contributed by atoms with Gasteiger partial charge in [-0.05, 0) is 19.9 Å². The average Bonchev–Trinajstić information content (AvgIpc) is 2.66. The lowest BCUT2D eigenvalue weighted by atomic mass is 10.2. The lowest BCUT2D eigenvalue weighted by molar-refractivity contribution is 0.534. The van der Waals surface area contributed by atoms with Crippen molar-refractivity contribution in [1.29, 1.82) is 0 Å². The number of aromatic nitrogens is 4. The monoisotopic (exact) mass is 204 g/mol. The molecule has 15 heavy (non-hydrogen) atoms. The average molecular weight is 204 g/mol. The Morgan fingerprint density at radius 3 is 2.87 bits per heavy atom. The molecule has 78 valence electrons. The fourth-order valence-electron chi connectivity index (χ4n) is 1.30. The molecule has 0 saturated heterocycles. The Bertz CT molecular complexity index is 512. The number of hydrogen-bond donors (Lipinski definition) is 1. The van der Waals surface area contributed by atoms with Crippen LogP contribution in [0.5, 0.6) is 0 Å². The first-order valence-electron chi connectivity index (χ1n) is 4.77. The first kappa shape index (κ1) is 9.64. The zero-order valence-electron chi connectivity index (χ0n) is 8.64. The molecule has 0 aromatic carbocycles. The van der Waals surface area contributed by atoms with Crippen molar-refractivity contribution in [2.75, 3.05) is 0 Å². The number of H-pyrrole nitrogens is 1.